The van der Waals surface area contributed by atoms with E-state index in [0.717, 1.165) is 5.56 Å². The standard InChI is InChI=1S/C23H27FN2O5/c1-29-11-10-25-22(27)19-14-26(23(28)17-6-4-5-7-20(17)24)13-18(19)16-9-8-15(30-2)12-21(16)31-3/h4-9,12,18-19H,10-11,13-14H2,1-3H3,(H,25,27)/t18-,19+/m0/s1. The fourth-order valence-electron chi connectivity index (χ4n) is 3.89. The minimum Gasteiger partial charge on any atom is -0.497 e. The van der Waals surface area contributed by atoms with Gasteiger partial charge in [-0.2, -0.15) is 0 Å². The van der Waals surface area contributed by atoms with Crippen molar-refractivity contribution in [2.24, 2.45) is 5.92 Å². The summed E-state index contributed by atoms with van der Waals surface area (Å²) in [6, 6.07) is 11.2. The third kappa shape index (κ3) is 4.96. The first kappa shape index (κ1) is 22.6. The van der Waals surface area contributed by atoms with Crippen molar-refractivity contribution in [3.05, 3.63) is 59.4 Å². The van der Waals surface area contributed by atoms with E-state index in [-0.39, 0.29) is 30.5 Å². The van der Waals surface area contributed by atoms with Crippen molar-refractivity contribution in [2.75, 3.05) is 47.6 Å². The second-order valence-corrected chi connectivity index (χ2v) is 7.29. The summed E-state index contributed by atoms with van der Waals surface area (Å²) in [5.41, 5.74) is 0.780. The summed E-state index contributed by atoms with van der Waals surface area (Å²) in [4.78, 5) is 27.5. The third-order valence-corrected chi connectivity index (χ3v) is 5.49. The molecule has 2 atom stereocenters. The minimum absolute atomic E-state index is 0.0108. The van der Waals surface area contributed by atoms with Gasteiger partial charge in [0.15, 0.2) is 0 Å². The number of halogens is 1. The largest absolute Gasteiger partial charge is 0.497 e. The number of benzene rings is 2. The molecule has 1 aliphatic rings. The van der Waals surface area contributed by atoms with Crippen LogP contribution < -0.4 is 14.8 Å². The second kappa shape index (κ2) is 10.3. The molecule has 2 amide bonds. The molecule has 7 nitrogen and oxygen atoms in total. The minimum atomic E-state index is -0.584. The van der Waals surface area contributed by atoms with E-state index in [1.54, 1.807) is 39.5 Å². The number of likely N-dealkylation sites (tertiary alicyclic amines) is 1. The molecular weight excluding hydrogens is 403 g/mol. The highest BCUT2D eigenvalue weighted by Gasteiger charge is 2.42. The molecule has 0 spiro atoms. The van der Waals surface area contributed by atoms with E-state index in [0.29, 0.717) is 24.7 Å². The van der Waals surface area contributed by atoms with Gasteiger partial charge in [-0.15, -0.1) is 0 Å². The molecule has 3 rings (SSSR count). The van der Waals surface area contributed by atoms with Crippen molar-refractivity contribution in [1.29, 1.82) is 0 Å². The number of ether oxygens (including phenoxy) is 3. The summed E-state index contributed by atoms with van der Waals surface area (Å²) in [6.45, 7) is 1.18. The van der Waals surface area contributed by atoms with E-state index < -0.39 is 17.6 Å². The molecule has 2 aromatic carbocycles. The van der Waals surface area contributed by atoms with Gasteiger partial charge in [-0.05, 0) is 18.2 Å². The molecule has 0 aromatic heterocycles. The number of nitrogens with one attached hydrogen (secondary N) is 1. The quantitative estimate of drug-likeness (QED) is 0.651. The fraction of sp³-hybridized carbons (Fsp3) is 0.391. The van der Waals surface area contributed by atoms with Crippen LogP contribution in [0, 0.1) is 11.7 Å². The van der Waals surface area contributed by atoms with Gasteiger partial charge >= 0.3 is 0 Å². The van der Waals surface area contributed by atoms with Crippen LogP contribution in [-0.2, 0) is 9.53 Å². The lowest BCUT2D eigenvalue weighted by Crippen LogP contribution is -2.37. The van der Waals surface area contributed by atoms with E-state index in [2.05, 4.69) is 5.32 Å². The Hall–Kier alpha value is -3.13. The van der Waals surface area contributed by atoms with Gasteiger partial charge in [-0.1, -0.05) is 18.2 Å². The lowest BCUT2D eigenvalue weighted by molar-refractivity contribution is -0.125. The average Bonchev–Trinajstić information content (AvgIpc) is 3.24. The second-order valence-electron chi connectivity index (χ2n) is 7.29. The lowest BCUT2D eigenvalue weighted by Gasteiger charge is -2.21. The summed E-state index contributed by atoms with van der Waals surface area (Å²) in [7, 11) is 4.66. The maximum absolute atomic E-state index is 14.2. The number of rotatable bonds is 8. The normalized spacial score (nSPS) is 18.0. The van der Waals surface area contributed by atoms with Gasteiger partial charge in [0.2, 0.25) is 5.91 Å². The maximum Gasteiger partial charge on any atom is 0.256 e. The highest BCUT2D eigenvalue weighted by Crippen LogP contribution is 2.39. The van der Waals surface area contributed by atoms with Gasteiger partial charge in [0.1, 0.15) is 17.3 Å². The molecule has 31 heavy (non-hydrogen) atoms. The summed E-state index contributed by atoms with van der Waals surface area (Å²) >= 11 is 0. The predicted molar refractivity (Wildman–Crippen MR) is 113 cm³/mol. The Bertz CT molecular complexity index is 936. The van der Waals surface area contributed by atoms with Crippen LogP contribution >= 0.6 is 0 Å². The van der Waals surface area contributed by atoms with Crippen LogP contribution in [-0.4, -0.2) is 64.3 Å². The Morgan fingerprint density at radius 2 is 1.87 bits per heavy atom. The monoisotopic (exact) mass is 430 g/mol. The van der Waals surface area contributed by atoms with Crippen LogP contribution in [0.4, 0.5) is 4.39 Å². The molecule has 8 heteroatoms. The Morgan fingerprint density at radius 1 is 1.10 bits per heavy atom. The molecule has 1 aliphatic heterocycles. The van der Waals surface area contributed by atoms with Crippen molar-refractivity contribution in [3.63, 3.8) is 0 Å². The van der Waals surface area contributed by atoms with E-state index >= 15 is 0 Å². The first-order chi connectivity index (χ1) is 15.0. The van der Waals surface area contributed by atoms with Gasteiger partial charge in [0, 0.05) is 44.3 Å². The van der Waals surface area contributed by atoms with E-state index in [1.807, 2.05) is 6.07 Å². The van der Waals surface area contributed by atoms with Gasteiger partial charge in [0.25, 0.3) is 5.91 Å². The molecule has 1 saturated heterocycles. The summed E-state index contributed by atoms with van der Waals surface area (Å²) in [5.74, 6) is -0.863. The summed E-state index contributed by atoms with van der Waals surface area (Å²) in [6.07, 6.45) is 0. The zero-order chi connectivity index (χ0) is 22.4. The SMILES string of the molecule is COCCNC(=O)[C@@H]1CN(C(=O)c2ccccc2F)C[C@H]1c1ccc(OC)cc1OC. The van der Waals surface area contributed by atoms with Crippen molar-refractivity contribution in [3.8, 4) is 11.5 Å². The molecule has 0 unspecified atom stereocenters. The Labute approximate surface area is 181 Å². The van der Waals surface area contributed by atoms with Crippen LogP contribution in [0.2, 0.25) is 0 Å². The topological polar surface area (TPSA) is 77.1 Å². The molecule has 1 fully saturated rings. The molecule has 1 N–H and O–H groups in total. The van der Waals surface area contributed by atoms with E-state index in [4.69, 9.17) is 14.2 Å². The van der Waals surface area contributed by atoms with Crippen LogP contribution in [0.15, 0.2) is 42.5 Å². The Kier molecular flexibility index (Phi) is 7.46. The third-order valence-electron chi connectivity index (χ3n) is 5.49. The number of hydrogen-bond donors (Lipinski definition) is 1. The fourth-order valence-corrected chi connectivity index (χ4v) is 3.89. The van der Waals surface area contributed by atoms with Crippen LogP contribution in [0.5, 0.6) is 11.5 Å². The van der Waals surface area contributed by atoms with Gasteiger partial charge in [-0.25, -0.2) is 4.39 Å². The van der Waals surface area contributed by atoms with Gasteiger partial charge in [-0.3, -0.25) is 9.59 Å². The number of nitrogens with zero attached hydrogens (tertiary/aromatic N) is 1. The number of methoxy groups -OCH3 is 3. The zero-order valence-electron chi connectivity index (χ0n) is 17.9. The van der Waals surface area contributed by atoms with Crippen LogP contribution in [0.1, 0.15) is 21.8 Å². The molecule has 166 valence electrons. The van der Waals surface area contributed by atoms with Gasteiger partial charge < -0.3 is 24.4 Å². The molecule has 1 heterocycles. The van der Waals surface area contributed by atoms with Crippen molar-refractivity contribution in [1.82, 2.24) is 10.2 Å². The number of hydrogen-bond acceptors (Lipinski definition) is 5. The van der Waals surface area contributed by atoms with Crippen LogP contribution in [0.25, 0.3) is 0 Å². The first-order valence-corrected chi connectivity index (χ1v) is 10.0. The number of amides is 2. The molecule has 0 bridgehead atoms. The zero-order valence-corrected chi connectivity index (χ0v) is 17.9. The molecule has 0 saturated carbocycles. The van der Waals surface area contributed by atoms with Gasteiger partial charge in [0.05, 0.1) is 32.3 Å². The summed E-state index contributed by atoms with van der Waals surface area (Å²) in [5, 5.41) is 2.85. The average molecular weight is 430 g/mol. The first-order valence-electron chi connectivity index (χ1n) is 10.0. The highest BCUT2D eigenvalue weighted by atomic mass is 19.1. The summed E-state index contributed by atoms with van der Waals surface area (Å²) < 4.78 is 30.0. The molecule has 0 aliphatic carbocycles. The van der Waals surface area contributed by atoms with Crippen LogP contribution in [0.3, 0.4) is 0 Å². The smallest absolute Gasteiger partial charge is 0.256 e. The number of carbonyl (C=O) groups is 2. The molecule has 0 radical (unpaired) electrons. The Morgan fingerprint density at radius 3 is 2.55 bits per heavy atom. The highest BCUT2D eigenvalue weighted by molar-refractivity contribution is 5.95. The van der Waals surface area contributed by atoms with E-state index in [1.165, 1.54) is 23.1 Å². The van der Waals surface area contributed by atoms with Crippen molar-refractivity contribution in [2.45, 2.75) is 5.92 Å². The van der Waals surface area contributed by atoms with E-state index in [9.17, 15) is 14.0 Å². The predicted octanol–water partition coefficient (Wildman–Crippen LogP) is 2.46. The van der Waals surface area contributed by atoms with Crippen molar-refractivity contribution < 1.29 is 28.2 Å². The molecule has 2 aromatic rings. The maximum atomic E-state index is 14.2. The lowest BCUT2D eigenvalue weighted by atomic mass is 9.87. The Balaban J connectivity index is 1.92. The molecular formula is C23H27FN2O5. The van der Waals surface area contributed by atoms with Crippen molar-refractivity contribution >= 4 is 11.8 Å². The number of carbonyl (C=O) groups excluding carboxylic acids is 2.